The third-order valence-corrected chi connectivity index (χ3v) is 9.02. The molecule has 1 aliphatic heterocycles. The van der Waals surface area contributed by atoms with Crippen LogP contribution >= 0.6 is 0 Å². The number of methoxy groups -OCH3 is 1. The van der Waals surface area contributed by atoms with Crippen molar-refractivity contribution >= 4 is 17.0 Å². The van der Waals surface area contributed by atoms with Crippen LogP contribution in [0, 0.1) is 12.3 Å². The molecule has 0 saturated heterocycles. The van der Waals surface area contributed by atoms with Crippen LogP contribution in [0.15, 0.2) is 48.8 Å². The lowest BCUT2D eigenvalue weighted by molar-refractivity contribution is -0.151. The molecule has 8 nitrogen and oxygen atoms in total. The average Bonchev–Trinajstić information content (AvgIpc) is 3.49. The summed E-state index contributed by atoms with van der Waals surface area (Å²) in [5, 5.41) is 8.69. The number of pyridine rings is 1. The molecule has 0 unspecified atom stereocenters. The number of aryl methyl sites for hydroxylation is 3. The standard InChI is InChI=1S/C33H39N5O3/c1-20-24(11-13-27-30(20)35-36-37(27)6)29(33(4,5)31(39)40-7)22-9-8-21-10-12-26(25(21)16-22)38-18-23-17-34-15-14-28(23)41-32(2,3)19-38/h8-9,11,13-17,26,29H,10,12,18-19H2,1-7H3/t26-,29+/m1/s1. The largest absolute Gasteiger partial charge is 0.486 e. The van der Waals surface area contributed by atoms with Crippen LogP contribution in [0.25, 0.3) is 11.0 Å². The Bertz CT molecular complexity index is 1640. The fourth-order valence-electron chi connectivity index (χ4n) is 7.03. The lowest BCUT2D eigenvalue weighted by atomic mass is 9.69. The minimum atomic E-state index is -0.819. The number of hydrogen-bond acceptors (Lipinski definition) is 7. The number of rotatable bonds is 5. The Kier molecular flexibility index (Phi) is 6.64. The van der Waals surface area contributed by atoms with Gasteiger partial charge in [-0.15, -0.1) is 5.10 Å². The van der Waals surface area contributed by atoms with Crippen LogP contribution in [-0.4, -0.2) is 50.1 Å². The summed E-state index contributed by atoms with van der Waals surface area (Å²) in [4.78, 5) is 20.2. The van der Waals surface area contributed by atoms with Crippen molar-refractivity contribution in [3.8, 4) is 5.75 Å². The summed E-state index contributed by atoms with van der Waals surface area (Å²) in [6, 6.07) is 13.2. The second-order valence-corrected chi connectivity index (χ2v) is 12.8. The average molecular weight is 554 g/mol. The number of nitrogens with zero attached hydrogens (tertiary/aromatic N) is 5. The number of esters is 1. The monoisotopic (exact) mass is 553 g/mol. The number of carbonyl (C=O) groups excluding carboxylic acids is 1. The van der Waals surface area contributed by atoms with Gasteiger partial charge >= 0.3 is 5.97 Å². The molecule has 2 atom stereocenters. The Labute approximate surface area is 241 Å². The first kappa shape index (κ1) is 27.4. The van der Waals surface area contributed by atoms with E-state index in [9.17, 15) is 4.79 Å². The van der Waals surface area contributed by atoms with Crippen molar-refractivity contribution in [2.24, 2.45) is 12.5 Å². The van der Waals surface area contributed by atoms with Gasteiger partial charge in [0.05, 0.1) is 18.0 Å². The number of ether oxygens (including phenoxy) is 2. The summed E-state index contributed by atoms with van der Waals surface area (Å²) in [7, 11) is 3.36. The molecule has 0 radical (unpaired) electrons. The maximum atomic E-state index is 13.3. The third-order valence-electron chi connectivity index (χ3n) is 9.02. The number of aromatic nitrogens is 4. The highest BCUT2D eigenvalue weighted by Gasteiger charge is 2.42. The van der Waals surface area contributed by atoms with Gasteiger partial charge in [0.15, 0.2) is 0 Å². The number of fused-ring (bicyclic) bond motifs is 3. The second kappa shape index (κ2) is 9.94. The maximum Gasteiger partial charge on any atom is 0.312 e. The third kappa shape index (κ3) is 4.68. The van der Waals surface area contributed by atoms with Gasteiger partial charge in [-0.05, 0) is 87.4 Å². The van der Waals surface area contributed by atoms with Crippen molar-refractivity contribution in [1.82, 2.24) is 24.9 Å². The molecule has 6 rings (SSSR count). The topological polar surface area (TPSA) is 82.4 Å². The fourth-order valence-corrected chi connectivity index (χ4v) is 7.03. The molecule has 0 bridgehead atoms. The highest BCUT2D eigenvalue weighted by Crippen LogP contribution is 2.47. The van der Waals surface area contributed by atoms with Gasteiger partial charge < -0.3 is 9.47 Å². The highest BCUT2D eigenvalue weighted by atomic mass is 16.5. The van der Waals surface area contributed by atoms with Crippen LogP contribution in [0.1, 0.15) is 79.5 Å². The van der Waals surface area contributed by atoms with E-state index in [1.54, 1.807) is 10.9 Å². The zero-order chi connectivity index (χ0) is 29.1. The number of hydrogen-bond donors (Lipinski definition) is 0. The Morgan fingerprint density at radius 1 is 1.17 bits per heavy atom. The van der Waals surface area contributed by atoms with Crippen molar-refractivity contribution in [2.75, 3.05) is 13.7 Å². The first-order valence-electron chi connectivity index (χ1n) is 14.4. The van der Waals surface area contributed by atoms with E-state index in [1.165, 1.54) is 18.2 Å². The Hall–Kier alpha value is -3.78. The summed E-state index contributed by atoms with van der Waals surface area (Å²) >= 11 is 0. The molecule has 8 heteroatoms. The fraction of sp³-hybridized carbons (Fsp3) is 0.455. The summed E-state index contributed by atoms with van der Waals surface area (Å²) in [5.74, 6) is 0.435. The van der Waals surface area contributed by atoms with Gasteiger partial charge in [0.1, 0.15) is 16.9 Å². The van der Waals surface area contributed by atoms with E-state index in [4.69, 9.17) is 9.47 Å². The molecule has 2 aromatic carbocycles. The van der Waals surface area contributed by atoms with Crippen molar-refractivity contribution in [3.05, 3.63) is 82.2 Å². The minimum Gasteiger partial charge on any atom is -0.486 e. The molecule has 2 aromatic heterocycles. The van der Waals surface area contributed by atoms with E-state index < -0.39 is 5.41 Å². The molecule has 0 spiro atoms. The van der Waals surface area contributed by atoms with E-state index in [1.807, 2.05) is 33.2 Å². The van der Waals surface area contributed by atoms with Gasteiger partial charge in [-0.2, -0.15) is 0 Å². The molecule has 0 saturated carbocycles. The van der Waals surface area contributed by atoms with Crippen LogP contribution in [0.2, 0.25) is 0 Å². The molecule has 214 valence electrons. The lowest BCUT2D eigenvalue weighted by Gasteiger charge is -2.35. The molecule has 4 aromatic rings. The Morgan fingerprint density at radius 3 is 2.76 bits per heavy atom. The van der Waals surface area contributed by atoms with Crippen LogP contribution in [0.5, 0.6) is 5.75 Å². The van der Waals surface area contributed by atoms with Gasteiger partial charge in [0.25, 0.3) is 0 Å². The molecule has 0 amide bonds. The van der Waals surface area contributed by atoms with Crippen LogP contribution in [-0.2, 0) is 29.5 Å². The first-order valence-corrected chi connectivity index (χ1v) is 14.4. The summed E-state index contributed by atoms with van der Waals surface area (Å²) in [6.45, 7) is 11.9. The smallest absolute Gasteiger partial charge is 0.312 e. The van der Waals surface area contributed by atoms with Crippen LogP contribution in [0.4, 0.5) is 0 Å². The number of carbonyl (C=O) groups is 1. The number of benzene rings is 2. The van der Waals surface area contributed by atoms with Crippen molar-refractivity contribution in [2.45, 2.75) is 71.6 Å². The molecule has 2 aliphatic rings. The Balaban J connectivity index is 1.46. The molecule has 0 N–H and O–H groups in total. The quantitative estimate of drug-likeness (QED) is 0.295. The minimum absolute atomic E-state index is 0.234. The van der Waals surface area contributed by atoms with Crippen molar-refractivity contribution in [1.29, 1.82) is 0 Å². The summed E-state index contributed by atoms with van der Waals surface area (Å²) in [6.07, 6.45) is 5.79. The SMILES string of the molecule is COC(=O)C(C)(C)[C@@H](c1ccc2c(c1)[C@H](N1Cc3cnccc3OC(C)(C)C1)CC2)c1ccc2c(nnn2C)c1C. The molecular formula is C33H39N5O3. The molecular weight excluding hydrogens is 514 g/mol. The zero-order valence-corrected chi connectivity index (χ0v) is 25.1. The second-order valence-electron chi connectivity index (χ2n) is 12.8. The van der Waals surface area contributed by atoms with E-state index >= 15 is 0 Å². The van der Waals surface area contributed by atoms with E-state index in [0.717, 1.165) is 65.0 Å². The van der Waals surface area contributed by atoms with Gasteiger partial charge in [0, 0.05) is 50.1 Å². The van der Waals surface area contributed by atoms with E-state index in [0.29, 0.717) is 0 Å². The molecule has 1 aliphatic carbocycles. The summed E-state index contributed by atoms with van der Waals surface area (Å²) < 4.78 is 13.6. The van der Waals surface area contributed by atoms with Gasteiger partial charge in [-0.3, -0.25) is 14.7 Å². The van der Waals surface area contributed by atoms with Crippen molar-refractivity contribution in [3.63, 3.8) is 0 Å². The van der Waals surface area contributed by atoms with Crippen molar-refractivity contribution < 1.29 is 14.3 Å². The van der Waals surface area contributed by atoms with Gasteiger partial charge in [-0.25, -0.2) is 4.68 Å². The maximum absolute atomic E-state index is 13.3. The molecule has 3 heterocycles. The van der Waals surface area contributed by atoms with Gasteiger partial charge in [0.2, 0.25) is 0 Å². The lowest BCUT2D eigenvalue weighted by Crippen LogP contribution is -2.41. The van der Waals surface area contributed by atoms with E-state index in [-0.39, 0.29) is 23.5 Å². The molecule has 41 heavy (non-hydrogen) atoms. The van der Waals surface area contributed by atoms with Gasteiger partial charge in [-0.1, -0.05) is 29.5 Å². The predicted molar refractivity (Wildman–Crippen MR) is 158 cm³/mol. The van der Waals surface area contributed by atoms with Crippen LogP contribution < -0.4 is 4.74 Å². The summed E-state index contributed by atoms with van der Waals surface area (Å²) in [5.41, 5.74) is 7.66. The zero-order valence-electron chi connectivity index (χ0n) is 25.1. The van der Waals surface area contributed by atoms with E-state index in [2.05, 4.69) is 71.3 Å². The first-order chi connectivity index (χ1) is 19.5. The predicted octanol–water partition coefficient (Wildman–Crippen LogP) is 5.66. The normalized spacial score (nSPS) is 19.2. The molecule has 0 fully saturated rings. The Morgan fingerprint density at radius 2 is 1.98 bits per heavy atom. The highest BCUT2D eigenvalue weighted by molar-refractivity contribution is 5.82. The van der Waals surface area contributed by atoms with Crippen LogP contribution in [0.3, 0.4) is 0 Å².